The fourth-order valence-corrected chi connectivity index (χ4v) is 8.20. The summed E-state index contributed by atoms with van der Waals surface area (Å²) < 4.78 is 50.4. The number of nitrogen functional groups attached to an aromatic ring is 2. The number of ether oxygens (including phenoxy) is 2. The lowest BCUT2D eigenvalue weighted by Crippen LogP contribution is -2.36. The molecule has 7 heterocycles. The Bertz CT molecular complexity index is 1940. The van der Waals surface area contributed by atoms with E-state index in [1.165, 1.54) is 28.1 Å². The maximum absolute atomic E-state index is 13.4. The van der Waals surface area contributed by atoms with E-state index in [0.717, 1.165) is 0 Å². The molecule has 3 aliphatic heterocycles. The molecule has 0 radical (unpaired) electrons. The van der Waals surface area contributed by atoms with Crippen LogP contribution in [-0.4, -0.2) is 104 Å². The highest BCUT2D eigenvalue weighted by molar-refractivity contribution is 8.44. The second-order valence-corrected chi connectivity index (χ2v) is 15.8. The Morgan fingerprint density at radius 1 is 0.933 bits per heavy atom. The number of aliphatic hydroxyl groups excluding tert-OH is 2. The van der Waals surface area contributed by atoms with Crippen molar-refractivity contribution < 1.29 is 47.2 Å². The summed E-state index contributed by atoms with van der Waals surface area (Å²) in [5.74, 6) is -0.130. The predicted molar refractivity (Wildman–Crippen MR) is 157 cm³/mol. The summed E-state index contributed by atoms with van der Waals surface area (Å²) >= 11 is 9.30. The van der Waals surface area contributed by atoms with Crippen LogP contribution in [0.4, 0.5) is 11.8 Å². The van der Waals surface area contributed by atoms with Crippen molar-refractivity contribution in [2.45, 2.75) is 49.1 Å². The molecule has 2 bridgehead atoms. The van der Waals surface area contributed by atoms with Crippen molar-refractivity contribution in [1.29, 1.82) is 0 Å². The van der Waals surface area contributed by atoms with Gasteiger partial charge >= 0.3 is 13.5 Å². The van der Waals surface area contributed by atoms with Gasteiger partial charge in [-0.15, -0.1) is 0 Å². The van der Waals surface area contributed by atoms with E-state index in [9.17, 15) is 24.5 Å². The van der Waals surface area contributed by atoms with Crippen LogP contribution in [0.25, 0.3) is 22.3 Å². The van der Waals surface area contributed by atoms with E-state index in [1.54, 1.807) is 0 Å². The molecule has 8 N–H and O–H groups in total. The van der Waals surface area contributed by atoms with Crippen molar-refractivity contribution in [1.82, 2.24) is 39.0 Å². The molecule has 10 atom stereocenters. The minimum absolute atomic E-state index is 0.0265. The fraction of sp³-hybridized carbons (Fsp3) is 0.500. The van der Waals surface area contributed by atoms with Crippen molar-refractivity contribution in [3.63, 3.8) is 0 Å². The van der Waals surface area contributed by atoms with E-state index in [0.29, 0.717) is 0 Å². The number of nitrogens with one attached hydrogen (secondary N) is 1. The molecule has 242 valence electrons. The normalized spacial score (nSPS) is 37.7. The zero-order chi connectivity index (χ0) is 31.8. The van der Waals surface area contributed by atoms with E-state index in [2.05, 4.69) is 42.2 Å². The van der Waals surface area contributed by atoms with Crippen molar-refractivity contribution in [3.05, 3.63) is 29.3 Å². The number of thiol groups is 1. The molecule has 4 aromatic rings. The number of aliphatic hydroxyl groups is 2. The molecule has 0 saturated carbocycles. The zero-order valence-electron chi connectivity index (χ0n) is 22.4. The van der Waals surface area contributed by atoms with Crippen molar-refractivity contribution in [3.8, 4) is 0 Å². The van der Waals surface area contributed by atoms with Crippen LogP contribution in [0.5, 0.6) is 0 Å². The Morgan fingerprint density at radius 2 is 1.62 bits per heavy atom. The van der Waals surface area contributed by atoms with Gasteiger partial charge in [0.1, 0.15) is 48.5 Å². The summed E-state index contributed by atoms with van der Waals surface area (Å²) in [4.78, 5) is 46.0. The SMILES string of the molecule is Nc1nc2c(ncn2[C@@H]2O[C@@H]3COP(=O)(S)OC4[C@@H](COP(O)(=S)OC2[C@H]3O)O[C@@H](n2cnc3c(N)ncnc32)[C@H]4O)c(=O)[nH]1. The number of rotatable bonds is 2. The van der Waals surface area contributed by atoms with Gasteiger partial charge in [-0.1, -0.05) is 12.2 Å². The van der Waals surface area contributed by atoms with Gasteiger partial charge in [0.25, 0.3) is 5.56 Å². The molecule has 21 nitrogen and oxygen atoms in total. The van der Waals surface area contributed by atoms with Crippen LogP contribution in [0.3, 0.4) is 0 Å². The second kappa shape index (κ2) is 11.3. The number of imidazole rings is 2. The molecule has 3 aliphatic rings. The Kier molecular flexibility index (Phi) is 7.76. The number of nitrogens with zero attached hydrogens (tertiary/aromatic N) is 7. The van der Waals surface area contributed by atoms with Crippen LogP contribution >= 0.6 is 25.8 Å². The average molecular weight is 707 g/mol. The summed E-state index contributed by atoms with van der Waals surface area (Å²) in [6.07, 6.45) is -7.26. The summed E-state index contributed by atoms with van der Waals surface area (Å²) in [6, 6.07) is 0. The molecule has 0 aliphatic carbocycles. The molecule has 3 fully saturated rings. The maximum Gasteiger partial charge on any atom is 0.386 e. The molecule has 45 heavy (non-hydrogen) atoms. The first-order chi connectivity index (χ1) is 21.3. The monoisotopic (exact) mass is 706 g/mol. The quantitative estimate of drug-likeness (QED) is 0.0942. The van der Waals surface area contributed by atoms with E-state index in [4.69, 9.17) is 50.8 Å². The van der Waals surface area contributed by atoms with Crippen LogP contribution < -0.4 is 17.0 Å². The molecule has 0 amide bonds. The number of nitrogens with two attached hydrogens (primary N) is 2. The van der Waals surface area contributed by atoms with Gasteiger partial charge in [0, 0.05) is 0 Å². The Labute approximate surface area is 260 Å². The third-order valence-electron chi connectivity index (χ3n) is 7.32. The minimum atomic E-state index is -4.32. The smallest absolute Gasteiger partial charge is 0.386 e. The number of anilines is 2. The summed E-state index contributed by atoms with van der Waals surface area (Å²) in [6.45, 7) is -9.68. The molecule has 7 rings (SSSR count). The van der Waals surface area contributed by atoms with Crippen LogP contribution in [0.15, 0.2) is 23.8 Å². The van der Waals surface area contributed by atoms with Crippen molar-refractivity contribution in [2.75, 3.05) is 24.7 Å². The van der Waals surface area contributed by atoms with Crippen molar-refractivity contribution in [2.24, 2.45) is 0 Å². The van der Waals surface area contributed by atoms with Gasteiger partial charge in [0.15, 0.2) is 35.1 Å². The van der Waals surface area contributed by atoms with E-state index < -0.39 is 81.4 Å². The molecule has 3 saturated heterocycles. The van der Waals surface area contributed by atoms with Gasteiger partial charge < -0.3 is 40.6 Å². The largest absolute Gasteiger partial charge is 0.387 e. The summed E-state index contributed by atoms with van der Waals surface area (Å²) in [5, 5.41) is 22.4. The highest BCUT2D eigenvalue weighted by atomic mass is 32.7. The Morgan fingerprint density at radius 3 is 2.40 bits per heavy atom. The topological polar surface area (TPSA) is 292 Å². The van der Waals surface area contributed by atoms with Gasteiger partial charge in [-0.25, -0.2) is 24.5 Å². The van der Waals surface area contributed by atoms with Gasteiger partial charge in [0.05, 0.1) is 25.9 Å². The summed E-state index contributed by atoms with van der Waals surface area (Å²) in [5.41, 5.74) is 11.3. The number of aromatic nitrogens is 8. The maximum atomic E-state index is 13.4. The number of hydrogen-bond acceptors (Lipinski definition) is 18. The lowest BCUT2D eigenvalue weighted by Gasteiger charge is -2.27. The number of hydrogen-bond donors (Lipinski definition) is 7. The van der Waals surface area contributed by atoms with E-state index in [-0.39, 0.29) is 34.1 Å². The molecular weight excluding hydrogens is 682 g/mol. The first kappa shape index (κ1) is 31.0. The highest BCUT2D eigenvalue weighted by Crippen LogP contribution is 2.58. The van der Waals surface area contributed by atoms with E-state index in [1.807, 2.05) is 0 Å². The first-order valence-electron chi connectivity index (χ1n) is 13.0. The van der Waals surface area contributed by atoms with Crippen LogP contribution in [0.1, 0.15) is 12.5 Å². The highest BCUT2D eigenvalue weighted by Gasteiger charge is 2.53. The third-order valence-corrected chi connectivity index (χ3v) is 10.5. The molecule has 4 aromatic heterocycles. The Hall–Kier alpha value is -2.63. The minimum Gasteiger partial charge on any atom is -0.387 e. The van der Waals surface area contributed by atoms with Gasteiger partial charge in [-0.05, 0) is 11.8 Å². The molecule has 25 heteroatoms. The second-order valence-electron chi connectivity index (χ2n) is 10.1. The average Bonchev–Trinajstić information content (AvgIpc) is 3.72. The standard InChI is InChI=1S/C20H24N10O11P2S2/c21-14-8-15(24-3-23-14)29(4-25-8)18-11(32)12-7(39-18)2-37-43(35,45)41-13-10(31)6(1-36-42(34,44)40-12)38-19(13)30-5-26-9-16(30)27-20(22)28-17(9)33/h3-7,10-13,18-19,31-32H,1-2H2,(H,34,44)(H,35,45)(H2,21,23,24)(H3,22,27,28,33)/t6-,7-,10+,11+,12?,13?,18-,19-,42?,43?/m1/s1. The zero-order valence-corrected chi connectivity index (χ0v) is 25.9. The van der Waals surface area contributed by atoms with Crippen LogP contribution in [0, 0.1) is 0 Å². The van der Waals surface area contributed by atoms with Gasteiger partial charge in [-0.2, -0.15) is 4.98 Å². The van der Waals surface area contributed by atoms with Gasteiger partial charge in [-0.3, -0.25) is 32.5 Å². The van der Waals surface area contributed by atoms with Crippen molar-refractivity contribution >= 4 is 71.7 Å². The molecule has 4 unspecified atom stereocenters. The first-order valence-corrected chi connectivity index (χ1v) is 18.2. The summed E-state index contributed by atoms with van der Waals surface area (Å²) in [7, 11) is 0. The molecular formula is C20H24N10O11P2S2. The number of H-pyrrole nitrogens is 1. The van der Waals surface area contributed by atoms with Crippen LogP contribution in [0.2, 0.25) is 0 Å². The van der Waals surface area contributed by atoms with E-state index >= 15 is 0 Å². The number of fused-ring (bicyclic) bond motifs is 5. The predicted octanol–water partition coefficient (Wildman–Crippen LogP) is -1.29. The Balaban J connectivity index is 1.21. The van der Waals surface area contributed by atoms with Gasteiger partial charge in [0.2, 0.25) is 5.95 Å². The third kappa shape index (κ3) is 5.56. The molecule has 0 spiro atoms. The molecule has 0 aromatic carbocycles. The van der Waals surface area contributed by atoms with Crippen LogP contribution in [-0.2, 0) is 43.9 Å². The lowest BCUT2D eigenvalue weighted by molar-refractivity contribution is -0.0594. The lowest BCUT2D eigenvalue weighted by atomic mass is 10.1. The number of aromatic amines is 1. The fourth-order valence-electron chi connectivity index (χ4n) is 5.30.